The highest BCUT2D eigenvalue weighted by atomic mass is 32.2. The largest absolute Gasteiger partial charge is 0.355 e. The summed E-state index contributed by atoms with van der Waals surface area (Å²) >= 11 is 2.78. The SMILES string of the molecule is CCCCNC(=O)CSC1=NC(C)=C(C(=O)Nc2ccccc2)C(c2cccs2)C1C#N. The minimum atomic E-state index is -0.637. The molecule has 0 saturated carbocycles. The first-order valence-corrected chi connectivity index (χ1v) is 12.4. The minimum Gasteiger partial charge on any atom is -0.355 e. The first kappa shape index (κ1) is 23.8. The summed E-state index contributed by atoms with van der Waals surface area (Å²) in [6.45, 7) is 4.50. The number of rotatable bonds is 8. The van der Waals surface area contributed by atoms with Crippen LogP contribution in [0.5, 0.6) is 0 Å². The van der Waals surface area contributed by atoms with Crippen LogP contribution in [-0.2, 0) is 9.59 Å². The van der Waals surface area contributed by atoms with Gasteiger partial charge < -0.3 is 10.6 Å². The van der Waals surface area contributed by atoms with Crippen molar-refractivity contribution in [3.05, 3.63) is 64.0 Å². The van der Waals surface area contributed by atoms with Gasteiger partial charge in [0.2, 0.25) is 5.91 Å². The van der Waals surface area contributed by atoms with Crippen molar-refractivity contribution < 1.29 is 9.59 Å². The molecule has 2 amide bonds. The summed E-state index contributed by atoms with van der Waals surface area (Å²) in [6.07, 6.45) is 1.94. The van der Waals surface area contributed by atoms with Crippen LogP contribution in [0.3, 0.4) is 0 Å². The number of benzene rings is 1. The van der Waals surface area contributed by atoms with Crippen molar-refractivity contribution >= 4 is 45.6 Å². The zero-order chi connectivity index (χ0) is 22.9. The topological polar surface area (TPSA) is 94.3 Å². The smallest absolute Gasteiger partial charge is 0.254 e. The molecule has 2 heterocycles. The van der Waals surface area contributed by atoms with Gasteiger partial charge in [-0.3, -0.25) is 9.59 Å². The van der Waals surface area contributed by atoms with Crippen LogP contribution in [-0.4, -0.2) is 29.2 Å². The van der Waals surface area contributed by atoms with Crippen molar-refractivity contribution in [3.63, 3.8) is 0 Å². The Balaban J connectivity index is 1.88. The monoisotopic (exact) mass is 466 g/mol. The van der Waals surface area contributed by atoms with Crippen LogP contribution in [0.4, 0.5) is 5.69 Å². The Labute approximate surface area is 196 Å². The summed E-state index contributed by atoms with van der Waals surface area (Å²) in [5.41, 5.74) is 1.74. The third-order valence-corrected chi connectivity index (χ3v) is 7.05. The molecular weight excluding hydrogens is 440 g/mol. The van der Waals surface area contributed by atoms with Gasteiger partial charge >= 0.3 is 0 Å². The molecule has 0 aliphatic carbocycles. The summed E-state index contributed by atoms with van der Waals surface area (Å²) in [5, 5.41) is 18.4. The van der Waals surface area contributed by atoms with Crippen LogP contribution in [0, 0.1) is 17.2 Å². The van der Waals surface area contributed by atoms with Crippen LogP contribution < -0.4 is 10.6 Å². The van der Waals surface area contributed by atoms with Gasteiger partial charge in [0.25, 0.3) is 5.91 Å². The number of thioether (sulfide) groups is 1. The molecule has 2 N–H and O–H groups in total. The number of unbranched alkanes of at least 4 members (excludes halogenated alkanes) is 1. The van der Waals surface area contributed by atoms with Crippen molar-refractivity contribution in [2.75, 3.05) is 17.6 Å². The van der Waals surface area contributed by atoms with Gasteiger partial charge in [-0.15, -0.1) is 11.3 Å². The number of allylic oxidation sites excluding steroid dienone is 1. The Morgan fingerprint density at radius 3 is 2.66 bits per heavy atom. The Hall–Kier alpha value is -2.89. The molecule has 1 aromatic heterocycles. The molecule has 0 spiro atoms. The highest BCUT2D eigenvalue weighted by molar-refractivity contribution is 8.14. The van der Waals surface area contributed by atoms with Gasteiger partial charge in [-0.25, -0.2) is 4.99 Å². The molecule has 0 radical (unpaired) electrons. The fraction of sp³-hybridized carbons (Fsp3) is 0.333. The lowest BCUT2D eigenvalue weighted by Crippen LogP contribution is -2.32. The number of para-hydroxylation sites is 1. The van der Waals surface area contributed by atoms with Gasteiger partial charge in [-0.1, -0.05) is 49.4 Å². The first-order chi connectivity index (χ1) is 15.5. The summed E-state index contributed by atoms with van der Waals surface area (Å²) < 4.78 is 0. The van der Waals surface area contributed by atoms with Gasteiger partial charge in [0, 0.05) is 34.3 Å². The van der Waals surface area contributed by atoms with E-state index in [1.165, 1.54) is 23.1 Å². The Kier molecular flexibility index (Phi) is 8.65. The molecule has 2 atom stereocenters. The average Bonchev–Trinajstić information content (AvgIpc) is 3.32. The van der Waals surface area contributed by atoms with E-state index in [-0.39, 0.29) is 17.6 Å². The fourth-order valence-electron chi connectivity index (χ4n) is 3.48. The molecular formula is C24H26N4O2S2. The van der Waals surface area contributed by atoms with E-state index < -0.39 is 11.8 Å². The van der Waals surface area contributed by atoms with Crippen molar-refractivity contribution in [1.82, 2.24) is 5.32 Å². The van der Waals surface area contributed by atoms with Crippen LogP contribution in [0.1, 0.15) is 37.5 Å². The first-order valence-electron chi connectivity index (χ1n) is 10.5. The van der Waals surface area contributed by atoms with E-state index in [4.69, 9.17) is 0 Å². The lowest BCUT2D eigenvalue weighted by molar-refractivity contribution is -0.118. The van der Waals surface area contributed by atoms with Crippen molar-refractivity contribution in [2.45, 2.75) is 32.6 Å². The predicted octanol–water partition coefficient (Wildman–Crippen LogP) is 4.95. The molecule has 166 valence electrons. The van der Waals surface area contributed by atoms with Crippen molar-refractivity contribution in [2.24, 2.45) is 10.9 Å². The minimum absolute atomic E-state index is 0.0789. The van der Waals surface area contributed by atoms with Gasteiger partial charge in [0.1, 0.15) is 5.92 Å². The summed E-state index contributed by atoms with van der Waals surface area (Å²) in [5.74, 6) is -1.23. The zero-order valence-electron chi connectivity index (χ0n) is 18.1. The molecule has 2 unspecified atom stereocenters. The number of carbonyl (C=O) groups is 2. The molecule has 1 aliphatic heterocycles. The lowest BCUT2D eigenvalue weighted by Gasteiger charge is -2.29. The molecule has 2 aromatic rings. The number of thiophene rings is 1. The summed E-state index contributed by atoms with van der Waals surface area (Å²) in [4.78, 5) is 31.0. The second kappa shape index (κ2) is 11.7. The fourth-order valence-corrected chi connectivity index (χ4v) is 5.30. The highest BCUT2D eigenvalue weighted by Crippen LogP contribution is 2.42. The number of nitrogens with zero attached hydrogens (tertiary/aromatic N) is 2. The van der Waals surface area contributed by atoms with Gasteiger partial charge in [-0.05, 0) is 36.9 Å². The van der Waals surface area contributed by atoms with Crippen LogP contribution in [0.15, 0.2) is 64.1 Å². The molecule has 3 rings (SSSR count). The highest BCUT2D eigenvalue weighted by Gasteiger charge is 2.39. The number of amides is 2. The van der Waals surface area contributed by atoms with E-state index in [1.807, 2.05) is 47.8 Å². The van der Waals surface area contributed by atoms with Crippen molar-refractivity contribution in [3.8, 4) is 6.07 Å². The van der Waals surface area contributed by atoms with Gasteiger partial charge in [-0.2, -0.15) is 5.26 Å². The third-order valence-electron chi connectivity index (χ3n) is 5.05. The number of anilines is 1. The second-order valence-corrected chi connectivity index (χ2v) is 9.34. The summed E-state index contributed by atoms with van der Waals surface area (Å²) in [6, 6.07) is 15.4. The van der Waals surface area contributed by atoms with Crippen LogP contribution in [0.25, 0.3) is 0 Å². The molecule has 0 saturated heterocycles. The molecule has 8 heteroatoms. The zero-order valence-corrected chi connectivity index (χ0v) is 19.8. The standard InChI is InChI=1S/C24H26N4O2S2/c1-3-4-12-26-20(29)15-32-24-18(14-25)22(19-11-8-13-31-19)21(16(2)27-24)23(30)28-17-9-6-5-7-10-17/h5-11,13,18,22H,3-4,12,15H2,1-2H3,(H,26,29)(H,28,30). The van der Waals surface area contributed by atoms with Crippen LogP contribution >= 0.6 is 23.1 Å². The number of hydrogen-bond acceptors (Lipinski definition) is 6. The quantitative estimate of drug-likeness (QED) is 0.539. The van der Waals surface area contributed by atoms with Gasteiger partial charge in [0.15, 0.2) is 0 Å². The Morgan fingerprint density at radius 2 is 2.00 bits per heavy atom. The molecule has 1 aliphatic rings. The number of nitrogens with one attached hydrogen (secondary N) is 2. The maximum Gasteiger partial charge on any atom is 0.254 e. The number of aliphatic imine (C=N–C) groups is 1. The molecule has 0 fully saturated rings. The third kappa shape index (κ3) is 5.87. The molecule has 6 nitrogen and oxygen atoms in total. The maximum absolute atomic E-state index is 13.3. The van der Waals surface area contributed by atoms with E-state index in [1.54, 1.807) is 6.92 Å². The number of carbonyl (C=O) groups excluding carboxylic acids is 2. The van der Waals surface area contributed by atoms with E-state index in [9.17, 15) is 14.9 Å². The maximum atomic E-state index is 13.3. The molecule has 1 aromatic carbocycles. The summed E-state index contributed by atoms with van der Waals surface area (Å²) in [7, 11) is 0. The Morgan fingerprint density at radius 1 is 1.22 bits per heavy atom. The Bertz CT molecular complexity index is 1040. The van der Waals surface area contributed by atoms with E-state index in [0.29, 0.717) is 28.5 Å². The van der Waals surface area contributed by atoms with Gasteiger partial charge in [0.05, 0.1) is 16.9 Å². The lowest BCUT2D eigenvalue weighted by atomic mass is 9.82. The van der Waals surface area contributed by atoms with Crippen LogP contribution in [0.2, 0.25) is 0 Å². The molecule has 32 heavy (non-hydrogen) atoms. The normalized spacial score (nSPS) is 18.0. The van der Waals surface area contributed by atoms with Crippen molar-refractivity contribution in [1.29, 1.82) is 5.26 Å². The van der Waals surface area contributed by atoms with E-state index in [2.05, 4.69) is 28.6 Å². The molecule has 0 bridgehead atoms. The predicted molar refractivity (Wildman–Crippen MR) is 132 cm³/mol. The number of nitriles is 1. The number of hydrogen-bond donors (Lipinski definition) is 2. The average molecular weight is 467 g/mol. The van der Waals surface area contributed by atoms with E-state index in [0.717, 1.165) is 17.7 Å². The second-order valence-electron chi connectivity index (χ2n) is 7.36. The van der Waals surface area contributed by atoms with E-state index >= 15 is 0 Å².